The van der Waals surface area contributed by atoms with E-state index in [0.717, 1.165) is 24.2 Å². The van der Waals surface area contributed by atoms with E-state index in [0.29, 0.717) is 6.61 Å². The van der Waals surface area contributed by atoms with Crippen molar-refractivity contribution >= 4 is 0 Å². The van der Waals surface area contributed by atoms with Crippen LogP contribution in [-0.2, 0) is 0 Å². The minimum absolute atomic E-state index is 0.417. The van der Waals surface area contributed by atoms with Gasteiger partial charge in [0.1, 0.15) is 5.75 Å². The van der Waals surface area contributed by atoms with Gasteiger partial charge in [0.05, 0.1) is 12.7 Å². The molecule has 0 radical (unpaired) electrons. The van der Waals surface area contributed by atoms with Gasteiger partial charge in [0.15, 0.2) is 0 Å². The summed E-state index contributed by atoms with van der Waals surface area (Å²) in [7, 11) is 0. The minimum atomic E-state index is -0.417. The van der Waals surface area contributed by atoms with E-state index in [1.165, 1.54) is 0 Å². The Morgan fingerprint density at radius 3 is 2.60 bits per heavy atom. The van der Waals surface area contributed by atoms with Crippen molar-refractivity contribution in [2.24, 2.45) is 0 Å². The Hall–Kier alpha value is -1.28. The van der Waals surface area contributed by atoms with E-state index in [1.54, 1.807) is 6.92 Å². The molecule has 1 rings (SSSR count). The summed E-state index contributed by atoms with van der Waals surface area (Å²) in [6.45, 7) is 6.11. The molecule has 82 valence electrons. The zero-order chi connectivity index (χ0) is 11.1. The summed E-state index contributed by atoms with van der Waals surface area (Å²) < 4.78 is 5.51. The Kier molecular flexibility index (Phi) is 4.91. The standard InChI is InChI=1S/C13H18O2/c1-3-4-5-10-15-13-8-6-12(7-9-13)11(2)14/h3,6-9,11,14H,1,4-5,10H2,2H3. The van der Waals surface area contributed by atoms with Crippen LogP contribution in [0, 0.1) is 0 Å². The van der Waals surface area contributed by atoms with Crippen LogP contribution in [0.5, 0.6) is 5.75 Å². The highest BCUT2D eigenvalue weighted by atomic mass is 16.5. The zero-order valence-corrected chi connectivity index (χ0v) is 9.15. The molecule has 0 bridgehead atoms. The van der Waals surface area contributed by atoms with Gasteiger partial charge < -0.3 is 9.84 Å². The number of benzene rings is 1. The van der Waals surface area contributed by atoms with Crippen LogP contribution in [0.15, 0.2) is 36.9 Å². The number of allylic oxidation sites excluding steroid dienone is 1. The van der Waals surface area contributed by atoms with Crippen molar-refractivity contribution in [2.45, 2.75) is 25.9 Å². The maximum atomic E-state index is 9.31. The Morgan fingerprint density at radius 1 is 1.40 bits per heavy atom. The molecule has 0 aliphatic heterocycles. The summed E-state index contributed by atoms with van der Waals surface area (Å²) in [5.74, 6) is 0.850. The first-order chi connectivity index (χ1) is 7.24. The molecule has 0 saturated heterocycles. The molecule has 15 heavy (non-hydrogen) atoms. The molecule has 0 aliphatic carbocycles. The van der Waals surface area contributed by atoms with Gasteiger partial charge in [-0.25, -0.2) is 0 Å². The van der Waals surface area contributed by atoms with Crippen molar-refractivity contribution in [1.29, 1.82) is 0 Å². The van der Waals surface area contributed by atoms with Crippen LogP contribution in [-0.4, -0.2) is 11.7 Å². The molecule has 0 fully saturated rings. The second-order valence-corrected chi connectivity index (χ2v) is 3.52. The normalized spacial score (nSPS) is 12.1. The fourth-order valence-electron chi connectivity index (χ4n) is 1.26. The second-order valence-electron chi connectivity index (χ2n) is 3.52. The van der Waals surface area contributed by atoms with Crippen molar-refractivity contribution in [3.63, 3.8) is 0 Å². The van der Waals surface area contributed by atoms with E-state index >= 15 is 0 Å². The van der Waals surface area contributed by atoms with E-state index < -0.39 is 6.10 Å². The molecule has 1 aromatic rings. The van der Waals surface area contributed by atoms with Gasteiger partial charge in [0, 0.05) is 0 Å². The van der Waals surface area contributed by atoms with Gasteiger partial charge in [-0.05, 0) is 37.5 Å². The van der Waals surface area contributed by atoms with E-state index in [2.05, 4.69) is 6.58 Å². The largest absolute Gasteiger partial charge is 0.494 e. The Labute approximate surface area is 91.2 Å². The van der Waals surface area contributed by atoms with Crippen LogP contribution in [0.2, 0.25) is 0 Å². The average Bonchev–Trinajstić information content (AvgIpc) is 2.25. The molecule has 2 nitrogen and oxygen atoms in total. The molecule has 0 aromatic heterocycles. The summed E-state index contributed by atoms with van der Waals surface area (Å²) in [6.07, 6.45) is 3.44. The fourth-order valence-corrected chi connectivity index (χ4v) is 1.26. The van der Waals surface area contributed by atoms with Crippen LogP contribution in [0.25, 0.3) is 0 Å². The number of aliphatic hydroxyl groups is 1. The van der Waals surface area contributed by atoms with Gasteiger partial charge in [-0.3, -0.25) is 0 Å². The van der Waals surface area contributed by atoms with Crippen molar-refractivity contribution in [3.05, 3.63) is 42.5 Å². The van der Waals surface area contributed by atoms with E-state index in [4.69, 9.17) is 4.74 Å². The highest BCUT2D eigenvalue weighted by Crippen LogP contribution is 2.17. The molecule has 1 aromatic carbocycles. The first kappa shape index (κ1) is 11.8. The lowest BCUT2D eigenvalue weighted by Gasteiger charge is -2.07. The molecular formula is C13H18O2. The van der Waals surface area contributed by atoms with Gasteiger partial charge in [-0.2, -0.15) is 0 Å². The van der Waals surface area contributed by atoms with Crippen LogP contribution >= 0.6 is 0 Å². The number of hydrogen-bond donors (Lipinski definition) is 1. The molecular weight excluding hydrogens is 188 g/mol. The van der Waals surface area contributed by atoms with Gasteiger partial charge in [-0.1, -0.05) is 18.2 Å². The summed E-state index contributed by atoms with van der Waals surface area (Å²) >= 11 is 0. The number of aliphatic hydroxyl groups excluding tert-OH is 1. The lowest BCUT2D eigenvalue weighted by atomic mass is 10.1. The van der Waals surface area contributed by atoms with Gasteiger partial charge >= 0.3 is 0 Å². The van der Waals surface area contributed by atoms with Crippen molar-refractivity contribution in [3.8, 4) is 5.75 Å². The first-order valence-corrected chi connectivity index (χ1v) is 5.25. The molecule has 0 spiro atoms. The highest BCUT2D eigenvalue weighted by Gasteiger charge is 2.00. The van der Waals surface area contributed by atoms with Gasteiger partial charge in [-0.15, -0.1) is 6.58 Å². The molecule has 0 amide bonds. The third-order valence-corrected chi connectivity index (χ3v) is 2.18. The predicted octanol–water partition coefficient (Wildman–Crippen LogP) is 3.08. The molecule has 2 heteroatoms. The molecule has 1 atom stereocenters. The molecule has 1 unspecified atom stereocenters. The number of unbranched alkanes of at least 4 members (excludes halogenated alkanes) is 1. The average molecular weight is 206 g/mol. The third kappa shape index (κ3) is 4.17. The van der Waals surface area contributed by atoms with E-state index in [-0.39, 0.29) is 0 Å². The number of rotatable bonds is 6. The van der Waals surface area contributed by atoms with E-state index in [9.17, 15) is 5.11 Å². The summed E-state index contributed by atoms with van der Waals surface area (Å²) in [4.78, 5) is 0. The molecule has 0 heterocycles. The Morgan fingerprint density at radius 2 is 2.07 bits per heavy atom. The summed E-state index contributed by atoms with van der Waals surface area (Å²) in [5.41, 5.74) is 0.911. The summed E-state index contributed by atoms with van der Waals surface area (Å²) in [6, 6.07) is 7.53. The van der Waals surface area contributed by atoms with Crippen LogP contribution in [0.4, 0.5) is 0 Å². The first-order valence-electron chi connectivity index (χ1n) is 5.25. The van der Waals surface area contributed by atoms with Crippen molar-refractivity contribution in [1.82, 2.24) is 0 Å². The quantitative estimate of drug-likeness (QED) is 0.572. The smallest absolute Gasteiger partial charge is 0.119 e. The van der Waals surface area contributed by atoms with Crippen LogP contribution in [0.1, 0.15) is 31.4 Å². The molecule has 1 N–H and O–H groups in total. The lowest BCUT2D eigenvalue weighted by Crippen LogP contribution is -1.97. The monoisotopic (exact) mass is 206 g/mol. The molecule has 0 aliphatic rings. The molecule has 0 saturated carbocycles. The fraction of sp³-hybridized carbons (Fsp3) is 0.385. The van der Waals surface area contributed by atoms with E-state index in [1.807, 2.05) is 30.3 Å². The third-order valence-electron chi connectivity index (χ3n) is 2.18. The topological polar surface area (TPSA) is 29.5 Å². The number of hydrogen-bond acceptors (Lipinski definition) is 2. The highest BCUT2D eigenvalue weighted by molar-refractivity contribution is 5.28. The van der Waals surface area contributed by atoms with Gasteiger partial charge in [0.2, 0.25) is 0 Å². The minimum Gasteiger partial charge on any atom is -0.494 e. The van der Waals surface area contributed by atoms with Crippen LogP contribution in [0.3, 0.4) is 0 Å². The summed E-state index contributed by atoms with van der Waals surface area (Å²) in [5, 5.41) is 9.31. The maximum Gasteiger partial charge on any atom is 0.119 e. The Balaban J connectivity index is 2.39. The maximum absolute atomic E-state index is 9.31. The zero-order valence-electron chi connectivity index (χ0n) is 9.15. The predicted molar refractivity (Wildman–Crippen MR) is 62.0 cm³/mol. The van der Waals surface area contributed by atoms with Crippen LogP contribution < -0.4 is 4.74 Å². The Bertz CT molecular complexity index is 288. The van der Waals surface area contributed by atoms with Gasteiger partial charge in [0.25, 0.3) is 0 Å². The second kappa shape index (κ2) is 6.25. The van der Waals surface area contributed by atoms with Crippen molar-refractivity contribution in [2.75, 3.05) is 6.61 Å². The van der Waals surface area contributed by atoms with Crippen molar-refractivity contribution < 1.29 is 9.84 Å². The lowest BCUT2D eigenvalue weighted by molar-refractivity contribution is 0.199. The SMILES string of the molecule is C=CCCCOc1ccc(C(C)O)cc1. The number of ether oxygens (including phenoxy) is 1.